The number of carbonyl (C=O) groups excluding carboxylic acids is 2. The van der Waals surface area contributed by atoms with Crippen LogP contribution in [0.3, 0.4) is 0 Å². The van der Waals surface area contributed by atoms with Gasteiger partial charge in [0.05, 0.1) is 24.8 Å². The van der Waals surface area contributed by atoms with Crippen LogP contribution in [0.5, 0.6) is 11.5 Å². The second-order valence-electron chi connectivity index (χ2n) is 9.37. The molecule has 0 saturated carbocycles. The van der Waals surface area contributed by atoms with Crippen molar-refractivity contribution in [2.24, 2.45) is 0 Å². The predicted octanol–water partition coefficient (Wildman–Crippen LogP) is 6.32. The molecule has 0 aliphatic carbocycles. The molecular formula is C32H35NO5. The number of hydrogen-bond acceptors (Lipinski definition) is 5. The van der Waals surface area contributed by atoms with Crippen molar-refractivity contribution in [3.63, 3.8) is 0 Å². The van der Waals surface area contributed by atoms with Gasteiger partial charge in [0.1, 0.15) is 17.3 Å². The van der Waals surface area contributed by atoms with Crippen molar-refractivity contribution < 1.29 is 24.2 Å². The van der Waals surface area contributed by atoms with Crippen LogP contribution in [0.1, 0.15) is 55.8 Å². The second kappa shape index (κ2) is 13.0. The lowest BCUT2D eigenvalue weighted by Gasteiger charge is -2.25. The maximum absolute atomic E-state index is 13.3. The Labute approximate surface area is 224 Å². The topological polar surface area (TPSA) is 76.1 Å². The SMILES string of the molecule is CCCCOc1ccc(C2C(=C(O)c3ccc(OCCC)cc3)C(=O)C(=O)N2CCc2ccccc2)cc1. The Morgan fingerprint density at radius 2 is 1.45 bits per heavy atom. The van der Waals surface area contributed by atoms with Crippen LogP contribution in [0.15, 0.2) is 84.4 Å². The van der Waals surface area contributed by atoms with Gasteiger partial charge in [0.2, 0.25) is 0 Å². The summed E-state index contributed by atoms with van der Waals surface area (Å²) in [5.41, 5.74) is 2.35. The first kappa shape index (κ1) is 27.0. The van der Waals surface area contributed by atoms with Crippen molar-refractivity contribution in [3.05, 3.63) is 101 Å². The first-order chi connectivity index (χ1) is 18.5. The number of aliphatic hydroxyl groups is 1. The van der Waals surface area contributed by atoms with Crippen molar-refractivity contribution in [2.45, 2.75) is 45.6 Å². The average molecular weight is 514 g/mol. The van der Waals surface area contributed by atoms with Crippen molar-refractivity contribution in [2.75, 3.05) is 19.8 Å². The van der Waals surface area contributed by atoms with E-state index in [9.17, 15) is 14.7 Å². The van der Waals surface area contributed by atoms with E-state index < -0.39 is 17.7 Å². The van der Waals surface area contributed by atoms with Crippen LogP contribution in [0.2, 0.25) is 0 Å². The third kappa shape index (κ3) is 6.25. The van der Waals surface area contributed by atoms with Crippen molar-refractivity contribution in [3.8, 4) is 11.5 Å². The third-order valence-corrected chi connectivity index (χ3v) is 6.59. The Hall–Kier alpha value is -4.06. The molecule has 1 heterocycles. The minimum absolute atomic E-state index is 0.0879. The molecule has 198 valence electrons. The molecule has 1 atom stereocenters. The lowest BCUT2D eigenvalue weighted by Crippen LogP contribution is -2.31. The van der Waals surface area contributed by atoms with E-state index in [0.717, 1.165) is 36.1 Å². The Kier molecular flexibility index (Phi) is 9.20. The number of amides is 1. The smallest absolute Gasteiger partial charge is 0.295 e. The molecule has 4 rings (SSSR count). The van der Waals surface area contributed by atoms with Gasteiger partial charge in [-0.05, 0) is 66.8 Å². The average Bonchev–Trinajstić information content (AvgIpc) is 3.21. The van der Waals surface area contributed by atoms with Gasteiger partial charge in [-0.25, -0.2) is 0 Å². The Morgan fingerprint density at radius 1 is 0.816 bits per heavy atom. The number of ketones is 1. The van der Waals surface area contributed by atoms with E-state index in [1.165, 1.54) is 0 Å². The van der Waals surface area contributed by atoms with Gasteiger partial charge in [-0.3, -0.25) is 9.59 Å². The van der Waals surface area contributed by atoms with Gasteiger partial charge in [0.15, 0.2) is 0 Å². The molecule has 6 heteroatoms. The molecular weight excluding hydrogens is 478 g/mol. The highest BCUT2D eigenvalue weighted by molar-refractivity contribution is 6.46. The zero-order chi connectivity index (χ0) is 26.9. The lowest BCUT2D eigenvalue weighted by atomic mass is 9.95. The van der Waals surface area contributed by atoms with Gasteiger partial charge in [0, 0.05) is 12.1 Å². The van der Waals surface area contributed by atoms with Crippen molar-refractivity contribution in [1.29, 1.82) is 0 Å². The highest BCUT2D eigenvalue weighted by Crippen LogP contribution is 2.40. The number of benzene rings is 3. The fraction of sp³-hybridized carbons (Fsp3) is 0.312. The molecule has 6 nitrogen and oxygen atoms in total. The van der Waals surface area contributed by atoms with E-state index >= 15 is 0 Å². The van der Waals surface area contributed by atoms with Gasteiger partial charge in [-0.15, -0.1) is 0 Å². The largest absolute Gasteiger partial charge is 0.507 e. The summed E-state index contributed by atoms with van der Waals surface area (Å²) < 4.78 is 11.4. The fourth-order valence-corrected chi connectivity index (χ4v) is 4.52. The minimum Gasteiger partial charge on any atom is -0.507 e. The standard InChI is InChI=1S/C32H35NO5/c1-3-5-22-38-27-15-11-24(12-16-27)29-28(30(34)25-13-17-26(18-14-25)37-21-4-2)31(35)32(36)33(29)20-19-23-9-7-6-8-10-23/h6-18,29,34H,3-5,19-22H2,1-2H3. The van der Waals surface area contributed by atoms with E-state index in [-0.39, 0.29) is 11.3 Å². The van der Waals surface area contributed by atoms with E-state index in [2.05, 4.69) is 6.92 Å². The molecule has 38 heavy (non-hydrogen) atoms. The molecule has 0 spiro atoms. The van der Waals surface area contributed by atoms with Crippen LogP contribution in [-0.2, 0) is 16.0 Å². The first-order valence-electron chi connectivity index (χ1n) is 13.3. The summed E-state index contributed by atoms with van der Waals surface area (Å²) in [4.78, 5) is 28.1. The number of nitrogens with zero attached hydrogens (tertiary/aromatic N) is 1. The number of ether oxygens (including phenoxy) is 2. The fourth-order valence-electron chi connectivity index (χ4n) is 4.52. The molecule has 1 aliphatic heterocycles. The summed E-state index contributed by atoms with van der Waals surface area (Å²) in [5, 5.41) is 11.3. The summed E-state index contributed by atoms with van der Waals surface area (Å²) in [6, 6.07) is 23.5. The maximum atomic E-state index is 13.3. The molecule has 0 radical (unpaired) electrons. The highest BCUT2D eigenvalue weighted by Gasteiger charge is 2.45. The van der Waals surface area contributed by atoms with Crippen LogP contribution in [-0.4, -0.2) is 41.5 Å². The van der Waals surface area contributed by atoms with Crippen LogP contribution in [0.25, 0.3) is 5.76 Å². The summed E-state index contributed by atoms with van der Waals surface area (Å²) in [6.45, 7) is 5.70. The molecule has 3 aromatic rings. The number of aliphatic hydroxyl groups excluding tert-OH is 1. The van der Waals surface area contributed by atoms with E-state index in [1.54, 1.807) is 29.2 Å². The summed E-state index contributed by atoms with van der Waals surface area (Å²) >= 11 is 0. The molecule has 1 aliphatic rings. The van der Waals surface area contributed by atoms with Gasteiger partial charge in [0.25, 0.3) is 11.7 Å². The Balaban J connectivity index is 1.68. The van der Waals surface area contributed by atoms with Gasteiger partial charge in [-0.2, -0.15) is 0 Å². The van der Waals surface area contributed by atoms with E-state index in [0.29, 0.717) is 37.5 Å². The first-order valence-corrected chi connectivity index (χ1v) is 13.3. The summed E-state index contributed by atoms with van der Waals surface area (Å²) in [6.07, 6.45) is 3.48. The second-order valence-corrected chi connectivity index (χ2v) is 9.37. The monoisotopic (exact) mass is 513 g/mol. The third-order valence-electron chi connectivity index (χ3n) is 6.59. The van der Waals surface area contributed by atoms with Crippen LogP contribution < -0.4 is 9.47 Å². The van der Waals surface area contributed by atoms with E-state index in [4.69, 9.17) is 9.47 Å². The molecule has 1 unspecified atom stereocenters. The molecule has 1 saturated heterocycles. The summed E-state index contributed by atoms with van der Waals surface area (Å²) in [5.74, 6) is -0.0808. The highest BCUT2D eigenvalue weighted by atomic mass is 16.5. The molecule has 0 bridgehead atoms. The number of Topliss-reactive ketones (excluding diaryl/α,β-unsaturated/α-hetero) is 1. The van der Waals surface area contributed by atoms with Crippen LogP contribution >= 0.6 is 0 Å². The maximum Gasteiger partial charge on any atom is 0.295 e. The zero-order valence-electron chi connectivity index (χ0n) is 22.1. The number of hydrogen-bond donors (Lipinski definition) is 1. The molecule has 3 aromatic carbocycles. The number of rotatable bonds is 12. The Morgan fingerprint density at radius 3 is 2.08 bits per heavy atom. The quantitative estimate of drug-likeness (QED) is 0.133. The predicted molar refractivity (Wildman–Crippen MR) is 148 cm³/mol. The minimum atomic E-state index is -0.709. The zero-order valence-corrected chi connectivity index (χ0v) is 22.1. The number of unbranched alkanes of at least 4 members (excludes halogenated alkanes) is 1. The lowest BCUT2D eigenvalue weighted by molar-refractivity contribution is -0.139. The summed E-state index contributed by atoms with van der Waals surface area (Å²) in [7, 11) is 0. The van der Waals surface area contributed by atoms with Gasteiger partial charge < -0.3 is 19.5 Å². The molecule has 1 fully saturated rings. The van der Waals surface area contributed by atoms with E-state index in [1.807, 2.05) is 61.5 Å². The normalized spacial score (nSPS) is 16.6. The van der Waals surface area contributed by atoms with Crippen LogP contribution in [0, 0.1) is 0 Å². The Bertz CT molecular complexity index is 1250. The van der Waals surface area contributed by atoms with Crippen molar-refractivity contribution in [1.82, 2.24) is 4.90 Å². The van der Waals surface area contributed by atoms with Gasteiger partial charge in [-0.1, -0.05) is 62.7 Å². The number of likely N-dealkylation sites (tertiary alicyclic amines) is 1. The molecule has 1 N–H and O–H groups in total. The molecule has 0 aromatic heterocycles. The van der Waals surface area contributed by atoms with Crippen molar-refractivity contribution >= 4 is 17.4 Å². The number of carbonyl (C=O) groups is 2. The molecule has 1 amide bonds. The van der Waals surface area contributed by atoms with Crippen LogP contribution in [0.4, 0.5) is 0 Å². The van der Waals surface area contributed by atoms with Gasteiger partial charge >= 0.3 is 0 Å².